The first kappa shape index (κ1) is 15.8. The molecule has 2 aromatic carbocycles. The van der Waals surface area contributed by atoms with E-state index in [1.807, 2.05) is 38.1 Å². The van der Waals surface area contributed by atoms with Crippen LogP contribution in [0.25, 0.3) is 0 Å². The maximum atomic E-state index is 13.2. The summed E-state index contributed by atoms with van der Waals surface area (Å²) < 4.78 is 18.6. The predicted octanol–water partition coefficient (Wildman–Crippen LogP) is 4.73. The Hall–Kier alpha value is -1.58. The molecule has 0 aliphatic rings. The highest BCUT2D eigenvalue weighted by Gasteiger charge is 2.08. The van der Waals surface area contributed by atoms with Crippen molar-refractivity contribution in [2.24, 2.45) is 0 Å². The summed E-state index contributed by atoms with van der Waals surface area (Å²) in [4.78, 5) is 0. The first-order valence-corrected chi connectivity index (χ1v) is 7.38. The van der Waals surface area contributed by atoms with Crippen LogP contribution in [0.4, 0.5) is 4.39 Å². The van der Waals surface area contributed by atoms with Gasteiger partial charge in [-0.2, -0.15) is 0 Å². The number of rotatable bonds is 6. The molecular weight excluding hydrogens is 289 g/mol. The van der Waals surface area contributed by atoms with Gasteiger partial charge in [0.15, 0.2) is 0 Å². The Labute approximate surface area is 129 Å². The maximum absolute atomic E-state index is 13.2. The zero-order chi connectivity index (χ0) is 15.2. The van der Waals surface area contributed by atoms with Crippen molar-refractivity contribution in [3.8, 4) is 5.75 Å². The average Bonchev–Trinajstić information content (AvgIpc) is 2.48. The summed E-state index contributed by atoms with van der Waals surface area (Å²) in [5.41, 5.74) is 2.10. The molecule has 21 heavy (non-hydrogen) atoms. The van der Waals surface area contributed by atoms with Crippen LogP contribution in [0.5, 0.6) is 5.75 Å². The smallest absolute Gasteiger partial charge is 0.141 e. The first-order chi connectivity index (χ1) is 10.1. The summed E-state index contributed by atoms with van der Waals surface area (Å²) >= 11 is 5.81. The molecule has 0 saturated heterocycles. The number of nitrogens with one attached hydrogen (secondary N) is 1. The standard InChI is InChI=1S/C17H19ClFNO/c1-3-21-15-6-4-5-13(9-15)11-20-12(2)14-7-8-17(19)16(18)10-14/h4-10,12,20H,3,11H2,1-2H3. The van der Waals surface area contributed by atoms with Crippen molar-refractivity contribution in [2.75, 3.05) is 6.61 Å². The van der Waals surface area contributed by atoms with E-state index in [0.29, 0.717) is 13.2 Å². The van der Waals surface area contributed by atoms with Gasteiger partial charge in [-0.1, -0.05) is 29.8 Å². The summed E-state index contributed by atoms with van der Waals surface area (Å²) in [6.45, 7) is 5.35. The van der Waals surface area contributed by atoms with Crippen molar-refractivity contribution in [2.45, 2.75) is 26.4 Å². The summed E-state index contributed by atoms with van der Waals surface area (Å²) in [5, 5.41) is 3.55. The van der Waals surface area contributed by atoms with Crippen molar-refractivity contribution in [3.63, 3.8) is 0 Å². The molecule has 112 valence electrons. The Morgan fingerprint density at radius 3 is 2.76 bits per heavy atom. The minimum atomic E-state index is -0.392. The molecule has 1 atom stereocenters. The Kier molecular flexibility index (Phi) is 5.59. The largest absolute Gasteiger partial charge is 0.494 e. The molecule has 1 N–H and O–H groups in total. The first-order valence-electron chi connectivity index (χ1n) is 7.00. The van der Waals surface area contributed by atoms with Gasteiger partial charge in [0.2, 0.25) is 0 Å². The fourth-order valence-electron chi connectivity index (χ4n) is 2.08. The van der Waals surface area contributed by atoms with Gasteiger partial charge in [0.05, 0.1) is 11.6 Å². The van der Waals surface area contributed by atoms with E-state index in [1.165, 1.54) is 6.07 Å². The highest BCUT2D eigenvalue weighted by atomic mass is 35.5. The number of hydrogen-bond donors (Lipinski definition) is 1. The van der Waals surface area contributed by atoms with E-state index >= 15 is 0 Å². The molecule has 0 bridgehead atoms. The fraction of sp³-hybridized carbons (Fsp3) is 0.294. The van der Waals surface area contributed by atoms with E-state index in [1.54, 1.807) is 12.1 Å². The SMILES string of the molecule is CCOc1cccc(CNC(C)c2ccc(F)c(Cl)c2)c1. The number of halogens is 2. The van der Waals surface area contributed by atoms with Crippen LogP contribution in [-0.4, -0.2) is 6.61 Å². The number of benzene rings is 2. The van der Waals surface area contributed by atoms with Crippen molar-refractivity contribution in [1.82, 2.24) is 5.32 Å². The minimum Gasteiger partial charge on any atom is -0.494 e. The molecule has 1 unspecified atom stereocenters. The molecule has 4 heteroatoms. The van der Waals surface area contributed by atoms with Crippen LogP contribution in [0, 0.1) is 5.82 Å². The molecule has 0 spiro atoms. The van der Waals surface area contributed by atoms with Gasteiger partial charge in [-0.25, -0.2) is 4.39 Å². The topological polar surface area (TPSA) is 21.3 Å². The lowest BCUT2D eigenvalue weighted by atomic mass is 10.1. The van der Waals surface area contributed by atoms with Crippen LogP contribution in [0.1, 0.15) is 31.0 Å². The lowest BCUT2D eigenvalue weighted by Gasteiger charge is -2.15. The fourth-order valence-corrected chi connectivity index (χ4v) is 2.27. The van der Waals surface area contributed by atoms with Crippen LogP contribution in [0.2, 0.25) is 5.02 Å². The van der Waals surface area contributed by atoms with Gasteiger partial charge in [0, 0.05) is 12.6 Å². The van der Waals surface area contributed by atoms with E-state index in [4.69, 9.17) is 16.3 Å². The molecule has 0 aliphatic heterocycles. The molecule has 0 aromatic heterocycles. The van der Waals surface area contributed by atoms with Crippen LogP contribution in [0.15, 0.2) is 42.5 Å². The summed E-state index contributed by atoms with van der Waals surface area (Å²) in [6.07, 6.45) is 0. The highest BCUT2D eigenvalue weighted by Crippen LogP contribution is 2.21. The van der Waals surface area contributed by atoms with Gasteiger partial charge >= 0.3 is 0 Å². The second-order valence-electron chi connectivity index (χ2n) is 4.86. The third-order valence-corrected chi connectivity index (χ3v) is 3.56. The Morgan fingerprint density at radius 1 is 1.24 bits per heavy atom. The summed E-state index contributed by atoms with van der Waals surface area (Å²) in [7, 11) is 0. The van der Waals surface area contributed by atoms with Crippen molar-refractivity contribution in [3.05, 3.63) is 64.4 Å². The molecule has 0 aliphatic carbocycles. The molecule has 0 saturated carbocycles. The maximum Gasteiger partial charge on any atom is 0.141 e. The lowest BCUT2D eigenvalue weighted by Crippen LogP contribution is -2.18. The van der Waals surface area contributed by atoms with Gasteiger partial charge in [0.25, 0.3) is 0 Å². The van der Waals surface area contributed by atoms with Crippen LogP contribution >= 0.6 is 11.6 Å². The summed E-state index contributed by atoms with van der Waals surface area (Å²) in [6, 6.07) is 12.9. The van der Waals surface area contributed by atoms with Gasteiger partial charge in [-0.3, -0.25) is 0 Å². The predicted molar refractivity (Wildman–Crippen MR) is 84.3 cm³/mol. The van der Waals surface area contributed by atoms with E-state index in [-0.39, 0.29) is 11.1 Å². The second kappa shape index (κ2) is 7.43. The lowest BCUT2D eigenvalue weighted by molar-refractivity contribution is 0.339. The van der Waals surface area contributed by atoms with Gasteiger partial charge < -0.3 is 10.1 Å². The second-order valence-corrected chi connectivity index (χ2v) is 5.26. The number of ether oxygens (including phenoxy) is 1. The van der Waals surface area contributed by atoms with E-state index in [9.17, 15) is 4.39 Å². The van der Waals surface area contributed by atoms with Crippen LogP contribution in [0.3, 0.4) is 0 Å². The summed E-state index contributed by atoms with van der Waals surface area (Å²) in [5.74, 6) is 0.478. The molecule has 0 radical (unpaired) electrons. The zero-order valence-corrected chi connectivity index (χ0v) is 13.0. The third kappa shape index (κ3) is 4.45. The monoisotopic (exact) mass is 307 g/mol. The minimum absolute atomic E-state index is 0.0823. The molecule has 2 aromatic rings. The van der Waals surface area contributed by atoms with Crippen molar-refractivity contribution in [1.29, 1.82) is 0 Å². The Balaban J connectivity index is 1.98. The Bertz CT molecular complexity index is 603. The van der Waals surface area contributed by atoms with E-state index in [2.05, 4.69) is 5.32 Å². The third-order valence-electron chi connectivity index (χ3n) is 3.27. The van der Waals surface area contributed by atoms with Crippen LogP contribution in [-0.2, 0) is 6.54 Å². The van der Waals surface area contributed by atoms with E-state index in [0.717, 1.165) is 16.9 Å². The highest BCUT2D eigenvalue weighted by molar-refractivity contribution is 6.30. The molecule has 0 fully saturated rings. The van der Waals surface area contributed by atoms with Crippen molar-refractivity contribution >= 4 is 11.6 Å². The molecule has 2 rings (SSSR count). The number of hydrogen-bond acceptors (Lipinski definition) is 2. The van der Waals surface area contributed by atoms with Crippen molar-refractivity contribution < 1.29 is 9.13 Å². The van der Waals surface area contributed by atoms with Gasteiger partial charge in [0.1, 0.15) is 11.6 Å². The quantitative estimate of drug-likeness (QED) is 0.833. The van der Waals surface area contributed by atoms with Gasteiger partial charge in [-0.15, -0.1) is 0 Å². The Morgan fingerprint density at radius 2 is 2.05 bits per heavy atom. The van der Waals surface area contributed by atoms with E-state index < -0.39 is 5.82 Å². The molecule has 2 nitrogen and oxygen atoms in total. The van der Waals surface area contributed by atoms with Gasteiger partial charge in [-0.05, 0) is 49.2 Å². The normalized spacial score (nSPS) is 12.2. The molecular formula is C17H19ClFNO. The zero-order valence-electron chi connectivity index (χ0n) is 12.2. The average molecular weight is 308 g/mol. The molecule has 0 amide bonds. The molecule has 0 heterocycles. The van der Waals surface area contributed by atoms with Crippen LogP contribution < -0.4 is 10.1 Å².